The highest BCUT2D eigenvalue weighted by Gasteiger charge is 2.46. The number of aryl methyl sites for hydroxylation is 1. The first kappa shape index (κ1) is 15.4. The first-order valence-electron chi connectivity index (χ1n) is 7.88. The van der Waals surface area contributed by atoms with Crippen LogP contribution in [0.1, 0.15) is 44.7 Å². The summed E-state index contributed by atoms with van der Waals surface area (Å²) in [6.07, 6.45) is 2.59. The van der Waals surface area contributed by atoms with Gasteiger partial charge in [-0.1, -0.05) is 32.9 Å². The quantitative estimate of drug-likeness (QED) is 0.849. The summed E-state index contributed by atoms with van der Waals surface area (Å²) >= 11 is 0. The van der Waals surface area contributed by atoms with Crippen molar-refractivity contribution in [1.82, 2.24) is 5.32 Å². The fraction of sp³-hybridized carbons (Fsp3) is 0.667. The summed E-state index contributed by atoms with van der Waals surface area (Å²) in [6.45, 7) is 11.1. The molecule has 2 rings (SSSR count). The van der Waals surface area contributed by atoms with Crippen molar-refractivity contribution >= 4 is 0 Å². The minimum atomic E-state index is 0.311. The Balaban J connectivity index is 2.24. The Hall–Kier alpha value is -1.02. The predicted molar refractivity (Wildman–Crippen MR) is 85.5 cm³/mol. The standard InChI is InChI=1S/C18H29NO/c1-6-19-12-18(10-15(11-18)13(2)3)16-8-7-14(4)17(9-16)20-5/h7-9,13,15,19H,6,10-12H2,1-5H3. The van der Waals surface area contributed by atoms with E-state index in [4.69, 9.17) is 4.74 Å². The lowest BCUT2D eigenvalue weighted by atomic mass is 9.55. The number of methoxy groups -OCH3 is 1. The molecule has 0 aliphatic heterocycles. The van der Waals surface area contributed by atoms with Gasteiger partial charge in [-0.3, -0.25) is 0 Å². The first-order chi connectivity index (χ1) is 9.52. The Kier molecular flexibility index (Phi) is 4.74. The van der Waals surface area contributed by atoms with Crippen molar-refractivity contribution in [2.24, 2.45) is 11.8 Å². The van der Waals surface area contributed by atoms with Crippen LogP contribution < -0.4 is 10.1 Å². The van der Waals surface area contributed by atoms with Crippen LogP contribution in [0.5, 0.6) is 5.75 Å². The molecule has 112 valence electrons. The molecule has 1 saturated carbocycles. The molecule has 2 heteroatoms. The minimum absolute atomic E-state index is 0.311. The normalized spacial score (nSPS) is 25.6. The Morgan fingerprint density at radius 2 is 2.05 bits per heavy atom. The smallest absolute Gasteiger partial charge is 0.122 e. The number of rotatable bonds is 6. The van der Waals surface area contributed by atoms with Crippen LogP contribution in [-0.4, -0.2) is 20.2 Å². The van der Waals surface area contributed by atoms with E-state index in [1.807, 2.05) is 0 Å². The molecule has 2 nitrogen and oxygen atoms in total. The maximum absolute atomic E-state index is 5.51. The maximum atomic E-state index is 5.51. The van der Waals surface area contributed by atoms with Gasteiger partial charge in [0.05, 0.1) is 7.11 Å². The van der Waals surface area contributed by atoms with Crippen molar-refractivity contribution in [3.8, 4) is 5.75 Å². The Labute approximate surface area is 123 Å². The maximum Gasteiger partial charge on any atom is 0.122 e. The summed E-state index contributed by atoms with van der Waals surface area (Å²) in [7, 11) is 1.76. The second kappa shape index (κ2) is 6.17. The lowest BCUT2D eigenvalue weighted by Gasteiger charge is -2.50. The van der Waals surface area contributed by atoms with Gasteiger partial charge in [0, 0.05) is 12.0 Å². The highest BCUT2D eigenvalue weighted by molar-refractivity contribution is 5.41. The van der Waals surface area contributed by atoms with Crippen molar-refractivity contribution in [1.29, 1.82) is 0 Å². The van der Waals surface area contributed by atoms with Gasteiger partial charge in [-0.15, -0.1) is 0 Å². The molecule has 1 aromatic rings. The Bertz CT molecular complexity index is 447. The van der Waals surface area contributed by atoms with Gasteiger partial charge in [0.2, 0.25) is 0 Å². The summed E-state index contributed by atoms with van der Waals surface area (Å²) in [5.74, 6) is 2.67. The summed E-state index contributed by atoms with van der Waals surface area (Å²) in [4.78, 5) is 0. The molecule has 0 amide bonds. The van der Waals surface area contributed by atoms with Crippen LogP contribution in [0.2, 0.25) is 0 Å². The van der Waals surface area contributed by atoms with Crippen LogP contribution in [0.15, 0.2) is 18.2 Å². The molecule has 0 aromatic heterocycles. The Morgan fingerprint density at radius 3 is 2.60 bits per heavy atom. The van der Waals surface area contributed by atoms with Gasteiger partial charge < -0.3 is 10.1 Å². The van der Waals surface area contributed by atoms with E-state index in [2.05, 4.69) is 51.2 Å². The molecule has 1 aliphatic carbocycles. The fourth-order valence-corrected chi connectivity index (χ4v) is 3.41. The summed E-state index contributed by atoms with van der Waals surface area (Å²) in [5, 5.41) is 3.56. The van der Waals surface area contributed by atoms with Gasteiger partial charge >= 0.3 is 0 Å². The van der Waals surface area contributed by atoms with Crippen LogP contribution in [0.25, 0.3) is 0 Å². The molecular formula is C18H29NO. The molecule has 0 unspecified atom stereocenters. The van der Waals surface area contributed by atoms with E-state index in [-0.39, 0.29) is 0 Å². The Morgan fingerprint density at radius 1 is 1.35 bits per heavy atom. The van der Waals surface area contributed by atoms with Gasteiger partial charge in [-0.05, 0) is 55.3 Å². The average Bonchev–Trinajstić information content (AvgIpc) is 2.38. The molecule has 0 heterocycles. The summed E-state index contributed by atoms with van der Waals surface area (Å²) in [6, 6.07) is 6.75. The molecular weight excluding hydrogens is 246 g/mol. The molecule has 0 radical (unpaired) electrons. The highest BCUT2D eigenvalue weighted by Crippen LogP contribution is 2.51. The van der Waals surface area contributed by atoms with Crippen LogP contribution >= 0.6 is 0 Å². The third-order valence-corrected chi connectivity index (χ3v) is 4.98. The second-order valence-electron chi connectivity index (χ2n) is 6.66. The molecule has 1 fully saturated rings. The zero-order chi connectivity index (χ0) is 14.8. The minimum Gasteiger partial charge on any atom is -0.496 e. The largest absolute Gasteiger partial charge is 0.496 e. The van der Waals surface area contributed by atoms with Crippen LogP contribution in [0.3, 0.4) is 0 Å². The first-order valence-corrected chi connectivity index (χ1v) is 7.88. The summed E-state index contributed by atoms with van der Waals surface area (Å²) in [5.41, 5.74) is 2.97. The van der Waals surface area contributed by atoms with Gasteiger partial charge in [0.15, 0.2) is 0 Å². The molecule has 0 atom stereocenters. The van der Waals surface area contributed by atoms with Crippen molar-refractivity contribution in [3.05, 3.63) is 29.3 Å². The average molecular weight is 275 g/mol. The summed E-state index contributed by atoms with van der Waals surface area (Å²) < 4.78 is 5.51. The topological polar surface area (TPSA) is 21.3 Å². The van der Waals surface area contributed by atoms with Gasteiger partial charge in [-0.2, -0.15) is 0 Å². The van der Waals surface area contributed by atoms with Crippen molar-refractivity contribution in [3.63, 3.8) is 0 Å². The molecule has 0 bridgehead atoms. The number of ether oxygens (including phenoxy) is 1. The number of hydrogen-bond donors (Lipinski definition) is 1. The zero-order valence-electron chi connectivity index (χ0n) is 13.6. The molecule has 0 saturated heterocycles. The lowest BCUT2D eigenvalue weighted by molar-refractivity contribution is 0.0980. The van der Waals surface area contributed by atoms with E-state index < -0.39 is 0 Å². The monoisotopic (exact) mass is 275 g/mol. The SMILES string of the molecule is CCNCC1(c2ccc(C)c(OC)c2)CC(C(C)C)C1. The zero-order valence-corrected chi connectivity index (χ0v) is 13.6. The van der Waals surface area contributed by atoms with Gasteiger partial charge in [0.25, 0.3) is 0 Å². The van der Waals surface area contributed by atoms with Gasteiger partial charge in [-0.25, -0.2) is 0 Å². The predicted octanol–water partition coefficient (Wildman–Crippen LogP) is 3.92. The third kappa shape index (κ3) is 2.85. The molecule has 20 heavy (non-hydrogen) atoms. The van der Waals surface area contributed by atoms with E-state index in [0.717, 1.165) is 30.7 Å². The lowest BCUT2D eigenvalue weighted by Crippen LogP contribution is -2.50. The van der Waals surface area contributed by atoms with Crippen LogP contribution in [0, 0.1) is 18.8 Å². The van der Waals surface area contributed by atoms with Gasteiger partial charge in [0.1, 0.15) is 5.75 Å². The number of hydrogen-bond acceptors (Lipinski definition) is 2. The fourth-order valence-electron chi connectivity index (χ4n) is 3.41. The number of nitrogens with one attached hydrogen (secondary N) is 1. The van der Waals surface area contributed by atoms with E-state index in [1.165, 1.54) is 24.0 Å². The van der Waals surface area contributed by atoms with E-state index in [0.29, 0.717) is 5.41 Å². The second-order valence-corrected chi connectivity index (χ2v) is 6.66. The number of benzene rings is 1. The third-order valence-electron chi connectivity index (χ3n) is 4.98. The molecule has 1 N–H and O–H groups in total. The highest BCUT2D eigenvalue weighted by atomic mass is 16.5. The van der Waals surface area contributed by atoms with Crippen LogP contribution in [0.4, 0.5) is 0 Å². The van der Waals surface area contributed by atoms with Crippen LogP contribution in [-0.2, 0) is 5.41 Å². The van der Waals surface area contributed by atoms with Crippen molar-refractivity contribution in [2.75, 3.05) is 20.2 Å². The van der Waals surface area contributed by atoms with E-state index in [9.17, 15) is 0 Å². The molecule has 1 aromatic carbocycles. The molecule has 1 aliphatic rings. The van der Waals surface area contributed by atoms with Crippen molar-refractivity contribution < 1.29 is 4.74 Å². The van der Waals surface area contributed by atoms with E-state index >= 15 is 0 Å². The molecule has 0 spiro atoms. The number of likely N-dealkylation sites (N-methyl/N-ethyl adjacent to an activating group) is 1. The van der Waals surface area contributed by atoms with E-state index in [1.54, 1.807) is 7.11 Å². The van der Waals surface area contributed by atoms with Crippen molar-refractivity contribution in [2.45, 2.75) is 46.0 Å².